The van der Waals surface area contributed by atoms with E-state index in [1.807, 2.05) is 0 Å². The Hall–Kier alpha value is -3.49. The molecule has 148 valence electrons. The summed E-state index contributed by atoms with van der Waals surface area (Å²) < 4.78 is 45.7. The molecule has 0 aliphatic rings. The molecule has 0 aromatic heterocycles. The van der Waals surface area contributed by atoms with Gasteiger partial charge in [-0.05, 0) is 41.5 Å². The maximum atomic E-state index is 12.1. The van der Waals surface area contributed by atoms with Crippen molar-refractivity contribution in [2.24, 2.45) is 0 Å². The highest BCUT2D eigenvalue weighted by atomic mass is 19.4. The fourth-order valence-electron chi connectivity index (χ4n) is 2.02. The average Bonchev–Trinajstić information content (AvgIpc) is 2.63. The Morgan fingerprint density at radius 2 is 1.61 bits per heavy atom. The Morgan fingerprint density at radius 3 is 2.18 bits per heavy atom. The maximum Gasteiger partial charge on any atom is 0.573 e. The van der Waals surface area contributed by atoms with Crippen LogP contribution in [0, 0.1) is 0 Å². The number of halogens is 3. The number of ether oxygens (including phenoxy) is 2. The Kier molecular flexibility index (Phi) is 7.02. The third kappa shape index (κ3) is 7.81. The van der Waals surface area contributed by atoms with Crippen LogP contribution in [0.1, 0.15) is 11.1 Å². The summed E-state index contributed by atoms with van der Waals surface area (Å²) in [5.74, 6) is -1.44. The number of aliphatic carboxylic acids is 1. The molecule has 0 aliphatic carbocycles. The van der Waals surface area contributed by atoms with Gasteiger partial charge in [-0.3, -0.25) is 9.59 Å². The van der Waals surface area contributed by atoms with Crippen LogP contribution in [0.3, 0.4) is 0 Å². The number of alkyl halides is 3. The van der Waals surface area contributed by atoms with Crippen LogP contribution in [-0.2, 0) is 16.2 Å². The van der Waals surface area contributed by atoms with Crippen LogP contribution in [0.25, 0.3) is 6.08 Å². The second-order valence-electron chi connectivity index (χ2n) is 5.49. The topological polar surface area (TPSA) is 84.9 Å². The first-order valence-electron chi connectivity index (χ1n) is 7.96. The summed E-state index contributed by atoms with van der Waals surface area (Å²) in [7, 11) is 0. The summed E-state index contributed by atoms with van der Waals surface area (Å²) >= 11 is 0. The van der Waals surface area contributed by atoms with Crippen LogP contribution in [0.5, 0.6) is 11.5 Å². The molecule has 2 aromatic rings. The number of amides is 1. The predicted octanol–water partition coefficient (Wildman–Crippen LogP) is 3.38. The predicted molar refractivity (Wildman–Crippen MR) is 93.6 cm³/mol. The van der Waals surface area contributed by atoms with E-state index in [2.05, 4.69) is 10.1 Å². The number of rotatable bonds is 8. The van der Waals surface area contributed by atoms with Crippen molar-refractivity contribution >= 4 is 18.0 Å². The molecule has 2 rings (SSSR count). The molecule has 0 heterocycles. The number of carbonyl (C=O) groups excluding carboxylic acids is 1. The Morgan fingerprint density at radius 1 is 1.00 bits per heavy atom. The molecule has 0 saturated heterocycles. The number of nitrogens with one attached hydrogen (secondary N) is 1. The largest absolute Gasteiger partial charge is 0.573 e. The molecule has 0 spiro atoms. The molecule has 9 heteroatoms. The second kappa shape index (κ2) is 9.45. The smallest absolute Gasteiger partial charge is 0.489 e. The Labute approximate surface area is 158 Å². The van der Waals surface area contributed by atoms with Gasteiger partial charge in [-0.2, -0.15) is 0 Å². The maximum absolute atomic E-state index is 12.1. The molecular formula is C19H16F3NO5. The lowest BCUT2D eigenvalue weighted by Crippen LogP contribution is -2.27. The van der Waals surface area contributed by atoms with Gasteiger partial charge in [0, 0.05) is 6.08 Å². The minimum atomic E-state index is -4.73. The highest BCUT2D eigenvalue weighted by Crippen LogP contribution is 2.23. The van der Waals surface area contributed by atoms with Crippen molar-refractivity contribution in [2.75, 3.05) is 6.54 Å². The highest BCUT2D eigenvalue weighted by molar-refractivity contribution is 5.93. The van der Waals surface area contributed by atoms with E-state index in [1.54, 1.807) is 24.3 Å². The lowest BCUT2D eigenvalue weighted by Gasteiger charge is -2.10. The summed E-state index contributed by atoms with van der Waals surface area (Å²) in [5, 5.41) is 10.7. The fraction of sp³-hybridized carbons (Fsp3) is 0.158. The second-order valence-corrected chi connectivity index (χ2v) is 5.49. The first-order chi connectivity index (χ1) is 13.2. The normalized spacial score (nSPS) is 11.2. The van der Waals surface area contributed by atoms with E-state index in [9.17, 15) is 22.8 Å². The van der Waals surface area contributed by atoms with Crippen LogP contribution in [-0.4, -0.2) is 29.9 Å². The lowest BCUT2D eigenvalue weighted by molar-refractivity contribution is -0.274. The van der Waals surface area contributed by atoms with E-state index in [0.29, 0.717) is 16.9 Å². The number of carboxylic acids is 1. The average molecular weight is 395 g/mol. The lowest BCUT2D eigenvalue weighted by atomic mass is 10.2. The van der Waals surface area contributed by atoms with E-state index in [0.717, 1.165) is 0 Å². The molecule has 1 amide bonds. The van der Waals surface area contributed by atoms with Gasteiger partial charge in [0.15, 0.2) is 0 Å². The molecule has 0 saturated carbocycles. The molecule has 28 heavy (non-hydrogen) atoms. The van der Waals surface area contributed by atoms with Crippen LogP contribution in [0.4, 0.5) is 13.2 Å². The standard InChI is InChI=1S/C19H16F3NO5/c20-19(21,22)28-16-8-3-14(4-9-16)12-27-15-6-1-13(2-7-15)5-10-17(24)23-11-18(25)26/h1-10H,11-12H2,(H,23,24)(H,25,26)/b10-5+. The minimum absolute atomic E-state index is 0.152. The molecule has 0 bridgehead atoms. The van der Waals surface area contributed by atoms with Crippen LogP contribution < -0.4 is 14.8 Å². The SMILES string of the molecule is O=C(O)CNC(=O)/C=C/c1ccc(OCc2ccc(OC(F)(F)F)cc2)cc1. The molecule has 0 fully saturated rings. The van der Waals surface area contributed by atoms with Gasteiger partial charge in [0.05, 0.1) is 0 Å². The molecule has 6 nitrogen and oxygen atoms in total. The van der Waals surface area contributed by atoms with Crippen molar-refractivity contribution in [1.82, 2.24) is 5.32 Å². The summed E-state index contributed by atoms with van der Waals surface area (Å²) in [5.41, 5.74) is 1.36. The Bertz CT molecular complexity index is 830. The molecule has 0 radical (unpaired) electrons. The van der Waals surface area contributed by atoms with Crippen LogP contribution >= 0.6 is 0 Å². The Balaban J connectivity index is 1.84. The monoisotopic (exact) mass is 395 g/mol. The number of benzene rings is 2. The van der Waals surface area contributed by atoms with Gasteiger partial charge in [-0.1, -0.05) is 24.3 Å². The van der Waals surface area contributed by atoms with Crippen molar-refractivity contribution in [3.05, 3.63) is 65.7 Å². The highest BCUT2D eigenvalue weighted by Gasteiger charge is 2.30. The quantitative estimate of drug-likeness (QED) is 0.670. The van der Waals surface area contributed by atoms with Crippen molar-refractivity contribution in [2.45, 2.75) is 13.0 Å². The van der Waals surface area contributed by atoms with Crippen molar-refractivity contribution < 1.29 is 37.3 Å². The van der Waals surface area contributed by atoms with E-state index >= 15 is 0 Å². The van der Waals surface area contributed by atoms with E-state index in [1.165, 1.54) is 36.4 Å². The zero-order chi connectivity index (χ0) is 20.6. The zero-order valence-electron chi connectivity index (χ0n) is 14.4. The third-order valence-electron chi connectivity index (χ3n) is 3.28. The summed E-state index contributed by atoms with van der Waals surface area (Å²) in [6.45, 7) is -0.307. The van der Waals surface area contributed by atoms with Gasteiger partial charge in [0.1, 0.15) is 24.7 Å². The number of hydrogen-bond acceptors (Lipinski definition) is 4. The van der Waals surface area contributed by atoms with Gasteiger partial charge in [-0.15, -0.1) is 13.2 Å². The van der Waals surface area contributed by atoms with Crippen molar-refractivity contribution in [3.8, 4) is 11.5 Å². The van der Waals surface area contributed by atoms with Gasteiger partial charge in [0.25, 0.3) is 0 Å². The van der Waals surface area contributed by atoms with Crippen LogP contribution in [0.2, 0.25) is 0 Å². The minimum Gasteiger partial charge on any atom is -0.489 e. The first kappa shape index (κ1) is 20.8. The molecule has 2 aromatic carbocycles. The molecule has 2 N–H and O–H groups in total. The van der Waals surface area contributed by atoms with E-state index in [-0.39, 0.29) is 12.4 Å². The van der Waals surface area contributed by atoms with Gasteiger partial charge in [0.2, 0.25) is 5.91 Å². The van der Waals surface area contributed by atoms with Gasteiger partial charge < -0.3 is 19.9 Å². The van der Waals surface area contributed by atoms with Crippen molar-refractivity contribution in [3.63, 3.8) is 0 Å². The third-order valence-corrected chi connectivity index (χ3v) is 3.28. The number of carboxylic acid groups (broad SMARTS) is 1. The summed E-state index contributed by atoms with van der Waals surface area (Å²) in [6, 6.07) is 12.0. The summed E-state index contributed by atoms with van der Waals surface area (Å²) in [6.07, 6.45) is -2.01. The van der Waals surface area contributed by atoms with Gasteiger partial charge >= 0.3 is 12.3 Å². The molecule has 0 unspecified atom stereocenters. The van der Waals surface area contributed by atoms with E-state index < -0.39 is 24.8 Å². The number of carbonyl (C=O) groups is 2. The first-order valence-corrected chi connectivity index (χ1v) is 7.96. The number of hydrogen-bond donors (Lipinski definition) is 2. The zero-order valence-corrected chi connectivity index (χ0v) is 14.4. The molecule has 0 aliphatic heterocycles. The van der Waals surface area contributed by atoms with E-state index in [4.69, 9.17) is 9.84 Å². The fourth-order valence-corrected chi connectivity index (χ4v) is 2.02. The summed E-state index contributed by atoms with van der Waals surface area (Å²) in [4.78, 5) is 21.7. The van der Waals surface area contributed by atoms with Crippen LogP contribution in [0.15, 0.2) is 54.6 Å². The van der Waals surface area contributed by atoms with Crippen molar-refractivity contribution in [1.29, 1.82) is 0 Å². The van der Waals surface area contributed by atoms with Gasteiger partial charge in [-0.25, -0.2) is 0 Å². The molecule has 0 atom stereocenters. The molecular weight excluding hydrogens is 379 g/mol.